The Kier molecular flexibility index (Phi) is 5.45. The van der Waals surface area contributed by atoms with Crippen LogP contribution in [0.25, 0.3) is 10.9 Å². The van der Waals surface area contributed by atoms with Crippen molar-refractivity contribution in [2.24, 2.45) is 0 Å². The summed E-state index contributed by atoms with van der Waals surface area (Å²) in [7, 11) is 1.61. The van der Waals surface area contributed by atoms with Crippen LogP contribution in [0.5, 0.6) is 11.5 Å². The molecule has 2 aliphatic rings. The molecule has 4 N–H and O–H groups in total. The average molecular weight is 465 g/mol. The third-order valence-electron chi connectivity index (χ3n) is 6.86. The van der Waals surface area contributed by atoms with Gasteiger partial charge in [0.15, 0.2) is 0 Å². The number of carbonyl (C=O) groups excluding carboxylic acids is 2. The van der Waals surface area contributed by atoms with Crippen LogP contribution in [0.1, 0.15) is 29.8 Å². The number of phenolic OH excluding ortho intramolecular Hbond substituents is 1. The molecule has 2 aliphatic heterocycles. The lowest BCUT2D eigenvalue weighted by Gasteiger charge is -2.42. The Bertz CT molecular complexity index is 1270. The number of hydrogen-bond acceptors (Lipinski definition) is 6. The third-order valence-corrected chi connectivity index (χ3v) is 6.86. The van der Waals surface area contributed by atoms with Crippen molar-refractivity contribution >= 4 is 22.8 Å². The van der Waals surface area contributed by atoms with Gasteiger partial charge in [-0.25, -0.2) is 4.79 Å². The highest BCUT2D eigenvalue weighted by Crippen LogP contribution is 2.49. The molecule has 0 radical (unpaired) electrons. The summed E-state index contributed by atoms with van der Waals surface area (Å²) in [5.41, 5.74) is 2.31. The van der Waals surface area contributed by atoms with E-state index in [1.165, 1.54) is 4.90 Å². The van der Waals surface area contributed by atoms with Crippen molar-refractivity contribution in [3.05, 3.63) is 59.3 Å². The number of rotatable bonds is 7. The predicted molar refractivity (Wildman–Crippen MR) is 126 cm³/mol. The molecular formula is C25H28N4O5. The fourth-order valence-corrected chi connectivity index (χ4v) is 5.25. The number of amides is 3. The second kappa shape index (κ2) is 8.34. The molecule has 3 amide bonds. The largest absolute Gasteiger partial charge is 0.508 e. The average Bonchev–Trinajstić information content (AvgIpc) is 3.27. The Morgan fingerprint density at radius 3 is 2.76 bits per heavy atom. The van der Waals surface area contributed by atoms with E-state index >= 15 is 0 Å². The van der Waals surface area contributed by atoms with Crippen molar-refractivity contribution in [2.75, 3.05) is 33.4 Å². The monoisotopic (exact) mass is 464 g/mol. The molecule has 3 aromatic rings. The smallest absolute Gasteiger partial charge is 0.328 e. The van der Waals surface area contributed by atoms with Gasteiger partial charge in [0, 0.05) is 42.7 Å². The molecule has 1 fully saturated rings. The van der Waals surface area contributed by atoms with Crippen molar-refractivity contribution in [3.8, 4) is 11.5 Å². The van der Waals surface area contributed by atoms with Crippen molar-refractivity contribution in [3.63, 3.8) is 0 Å². The maximum absolute atomic E-state index is 13.7. The highest BCUT2D eigenvalue weighted by Gasteiger charge is 2.60. The van der Waals surface area contributed by atoms with E-state index in [1.54, 1.807) is 30.2 Å². The van der Waals surface area contributed by atoms with Crippen LogP contribution in [0.3, 0.4) is 0 Å². The molecular weight excluding hydrogens is 436 g/mol. The Labute approximate surface area is 196 Å². The number of aromatic hydroxyl groups is 1. The van der Waals surface area contributed by atoms with Crippen molar-refractivity contribution in [1.29, 1.82) is 0 Å². The van der Waals surface area contributed by atoms with Crippen molar-refractivity contribution < 1.29 is 24.5 Å². The number of methoxy groups -OCH3 is 1. The minimum atomic E-state index is -1.09. The third kappa shape index (κ3) is 3.31. The zero-order valence-electron chi connectivity index (χ0n) is 19.2. The first-order valence-corrected chi connectivity index (χ1v) is 11.3. The molecule has 0 aliphatic carbocycles. The van der Waals surface area contributed by atoms with Gasteiger partial charge in [-0.05, 0) is 48.4 Å². The van der Waals surface area contributed by atoms with E-state index in [0.717, 1.165) is 22.2 Å². The van der Waals surface area contributed by atoms with Gasteiger partial charge in [0.1, 0.15) is 23.1 Å². The number of nitrogens with one attached hydrogen (secondary N) is 2. The molecule has 0 saturated carbocycles. The van der Waals surface area contributed by atoms with Gasteiger partial charge in [-0.2, -0.15) is 0 Å². The van der Waals surface area contributed by atoms with Crippen LogP contribution in [-0.4, -0.2) is 75.8 Å². The Morgan fingerprint density at radius 2 is 2.03 bits per heavy atom. The number of imide groups is 1. The molecule has 2 atom stereocenters. The number of aliphatic hydroxyl groups is 1. The lowest BCUT2D eigenvalue weighted by molar-refractivity contribution is -0.133. The molecule has 2 aromatic carbocycles. The zero-order valence-corrected chi connectivity index (χ0v) is 19.2. The maximum atomic E-state index is 13.7. The lowest BCUT2D eigenvalue weighted by Crippen LogP contribution is -2.53. The summed E-state index contributed by atoms with van der Waals surface area (Å²) in [6, 6.07) is 11.6. The van der Waals surface area contributed by atoms with Crippen LogP contribution >= 0.6 is 0 Å². The maximum Gasteiger partial charge on any atom is 0.328 e. The van der Waals surface area contributed by atoms with Crippen molar-refractivity contribution in [2.45, 2.75) is 24.9 Å². The number of aromatic nitrogens is 1. The number of aromatic amines is 1. The Morgan fingerprint density at radius 1 is 1.21 bits per heavy atom. The lowest BCUT2D eigenvalue weighted by atomic mass is 9.81. The second-order valence-electron chi connectivity index (χ2n) is 8.96. The van der Waals surface area contributed by atoms with Gasteiger partial charge < -0.3 is 25.3 Å². The molecule has 5 rings (SSSR count). The van der Waals surface area contributed by atoms with E-state index in [9.17, 15) is 14.7 Å². The van der Waals surface area contributed by atoms with E-state index in [4.69, 9.17) is 9.84 Å². The summed E-state index contributed by atoms with van der Waals surface area (Å²) >= 11 is 0. The minimum absolute atomic E-state index is 0.0174. The molecule has 178 valence electrons. The number of hydrogen-bond donors (Lipinski definition) is 4. The number of ether oxygens (including phenoxy) is 1. The van der Waals surface area contributed by atoms with Crippen LogP contribution in [0, 0.1) is 0 Å². The van der Waals surface area contributed by atoms with E-state index in [1.807, 2.05) is 31.2 Å². The van der Waals surface area contributed by atoms with E-state index < -0.39 is 11.6 Å². The topological polar surface area (TPSA) is 118 Å². The van der Waals surface area contributed by atoms with E-state index in [-0.39, 0.29) is 30.8 Å². The van der Waals surface area contributed by atoms with Crippen molar-refractivity contribution in [1.82, 2.24) is 20.1 Å². The van der Waals surface area contributed by atoms with Crippen LogP contribution in [0.4, 0.5) is 4.79 Å². The van der Waals surface area contributed by atoms with Gasteiger partial charge in [-0.3, -0.25) is 14.6 Å². The number of phenols is 1. The highest BCUT2D eigenvalue weighted by atomic mass is 16.5. The van der Waals surface area contributed by atoms with E-state index in [0.29, 0.717) is 30.8 Å². The van der Waals surface area contributed by atoms with Crippen LogP contribution < -0.4 is 10.1 Å². The number of nitrogens with zero attached hydrogens (tertiary/aromatic N) is 2. The summed E-state index contributed by atoms with van der Waals surface area (Å²) in [5, 5.41) is 23.2. The van der Waals surface area contributed by atoms with E-state index in [2.05, 4.69) is 10.3 Å². The van der Waals surface area contributed by atoms with Crippen LogP contribution in [-0.2, 0) is 11.2 Å². The predicted octanol–water partition coefficient (Wildman–Crippen LogP) is 2.13. The summed E-state index contributed by atoms with van der Waals surface area (Å²) in [6.07, 6.45) is 0.357. The first-order valence-electron chi connectivity index (χ1n) is 11.3. The van der Waals surface area contributed by atoms with Gasteiger partial charge in [0.2, 0.25) is 0 Å². The quantitative estimate of drug-likeness (QED) is 0.314. The van der Waals surface area contributed by atoms with Gasteiger partial charge in [0.25, 0.3) is 5.91 Å². The molecule has 3 heterocycles. The first-order chi connectivity index (χ1) is 16.4. The normalized spacial score (nSPS) is 21.8. The number of H-pyrrole nitrogens is 1. The highest BCUT2D eigenvalue weighted by molar-refractivity contribution is 6.08. The molecule has 34 heavy (non-hydrogen) atoms. The summed E-state index contributed by atoms with van der Waals surface area (Å²) < 4.78 is 5.43. The molecule has 9 nitrogen and oxygen atoms in total. The number of aliphatic hydroxyl groups excluding tert-OH is 1. The molecule has 0 spiro atoms. The summed E-state index contributed by atoms with van der Waals surface area (Å²) in [6.45, 7) is 2.79. The van der Waals surface area contributed by atoms with Crippen LogP contribution in [0.2, 0.25) is 0 Å². The molecule has 0 bridgehead atoms. The number of fused-ring (bicyclic) bond motifs is 4. The minimum Gasteiger partial charge on any atom is -0.508 e. The SMILES string of the molecule is COc1ccc2[nH]c3c(c2c1)CC1(C)C(=O)N(CCNCCO)C(=O)N1C3c1cccc(O)c1. The Hall–Kier alpha value is -3.56. The molecule has 1 aromatic heterocycles. The van der Waals surface area contributed by atoms with Gasteiger partial charge in [-0.1, -0.05) is 12.1 Å². The molecule has 1 saturated heterocycles. The second-order valence-corrected chi connectivity index (χ2v) is 8.96. The van der Waals surface area contributed by atoms with Gasteiger partial charge in [0.05, 0.1) is 13.7 Å². The van der Waals surface area contributed by atoms with Crippen LogP contribution in [0.15, 0.2) is 42.5 Å². The Balaban J connectivity index is 1.65. The number of carbonyl (C=O) groups is 2. The zero-order chi connectivity index (χ0) is 24.0. The first kappa shape index (κ1) is 22.2. The molecule has 2 unspecified atom stereocenters. The van der Waals surface area contributed by atoms with Gasteiger partial charge in [-0.15, -0.1) is 0 Å². The number of benzene rings is 2. The van der Waals surface area contributed by atoms with Gasteiger partial charge >= 0.3 is 6.03 Å². The summed E-state index contributed by atoms with van der Waals surface area (Å²) in [4.78, 5) is 33.7. The fourth-order valence-electron chi connectivity index (χ4n) is 5.25. The molecule has 9 heteroatoms. The summed E-state index contributed by atoms with van der Waals surface area (Å²) in [5.74, 6) is 0.546. The standard InChI is InChI=1S/C25H28N4O5/c1-25-14-19-18-13-17(34-2)6-7-20(18)27-21(19)22(15-4-3-5-16(31)12-15)29(25)24(33)28(23(25)32)10-8-26-9-11-30/h3-7,12-13,22,26-27,30-31H,8-11,14H2,1-2H3. The number of urea groups is 1. The fraction of sp³-hybridized carbons (Fsp3) is 0.360.